The Morgan fingerprint density at radius 2 is 1.75 bits per heavy atom. The van der Waals surface area contributed by atoms with Gasteiger partial charge in [-0.3, -0.25) is 14.5 Å². The molecule has 5 heteroatoms. The molecule has 0 fully saturated rings. The summed E-state index contributed by atoms with van der Waals surface area (Å²) in [6, 6.07) is 15.0. The zero-order valence-corrected chi connectivity index (χ0v) is 16.7. The standard InChI is InChI=1S/C23H19Cl2NO2/c24-18-12-11-17(14-19(18)25)26-20-7-4-8-21(27)23(20)16(13-22(26)28)10-9-15-5-2-1-3-6-15/h1-3,5-6,9-12,14,16H,4,7-8,13H2/b10-9+. The second-order valence-corrected chi connectivity index (χ2v) is 7.86. The monoisotopic (exact) mass is 411 g/mol. The molecule has 1 heterocycles. The van der Waals surface area contributed by atoms with Crippen LogP contribution in [0.3, 0.4) is 0 Å². The average molecular weight is 412 g/mol. The van der Waals surface area contributed by atoms with Crippen LogP contribution < -0.4 is 4.90 Å². The zero-order valence-electron chi connectivity index (χ0n) is 15.2. The van der Waals surface area contributed by atoms with E-state index in [1.165, 1.54) is 0 Å². The molecule has 1 amide bonds. The van der Waals surface area contributed by atoms with Gasteiger partial charge in [0.1, 0.15) is 0 Å². The van der Waals surface area contributed by atoms with Crippen molar-refractivity contribution in [3.8, 4) is 0 Å². The van der Waals surface area contributed by atoms with E-state index in [1.807, 2.05) is 42.5 Å². The van der Waals surface area contributed by atoms with Gasteiger partial charge < -0.3 is 0 Å². The van der Waals surface area contributed by atoms with Gasteiger partial charge in [-0.1, -0.05) is 65.7 Å². The number of rotatable bonds is 3. The molecule has 1 atom stereocenters. The molecule has 1 aliphatic carbocycles. The topological polar surface area (TPSA) is 37.4 Å². The first-order chi connectivity index (χ1) is 13.5. The molecular formula is C23H19Cl2NO2. The van der Waals surface area contributed by atoms with Gasteiger partial charge in [0.05, 0.1) is 15.7 Å². The predicted octanol–water partition coefficient (Wildman–Crippen LogP) is 6.07. The molecule has 2 aromatic rings. The van der Waals surface area contributed by atoms with Crippen LogP contribution in [0.1, 0.15) is 31.2 Å². The fourth-order valence-electron chi connectivity index (χ4n) is 3.91. The quantitative estimate of drug-likeness (QED) is 0.614. The number of nitrogens with zero attached hydrogens (tertiary/aromatic N) is 1. The van der Waals surface area contributed by atoms with Gasteiger partial charge in [-0.15, -0.1) is 0 Å². The van der Waals surface area contributed by atoms with Gasteiger partial charge in [0.25, 0.3) is 0 Å². The molecule has 0 saturated carbocycles. The maximum Gasteiger partial charge on any atom is 0.232 e. The van der Waals surface area contributed by atoms with Gasteiger partial charge in [-0.05, 0) is 36.6 Å². The fourth-order valence-corrected chi connectivity index (χ4v) is 4.20. The molecule has 2 aliphatic rings. The third-order valence-corrected chi connectivity index (χ3v) is 5.93. The normalized spacial score (nSPS) is 20.1. The Balaban J connectivity index is 1.76. The van der Waals surface area contributed by atoms with E-state index in [0.29, 0.717) is 28.6 Å². The SMILES string of the molecule is O=C1CCCC2=C1C(/C=C/c1ccccc1)CC(=O)N2c1ccc(Cl)c(Cl)c1. The van der Waals surface area contributed by atoms with Crippen molar-refractivity contribution in [3.63, 3.8) is 0 Å². The van der Waals surface area contributed by atoms with Crippen molar-refractivity contribution in [2.45, 2.75) is 25.7 Å². The molecule has 1 unspecified atom stereocenters. The van der Waals surface area contributed by atoms with Gasteiger partial charge >= 0.3 is 0 Å². The van der Waals surface area contributed by atoms with E-state index >= 15 is 0 Å². The number of allylic oxidation sites excluding steroid dienone is 3. The molecule has 0 radical (unpaired) electrons. The van der Waals surface area contributed by atoms with Crippen molar-refractivity contribution < 1.29 is 9.59 Å². The van der Waals surface area contributed by atoms with E-state index in [2.05, 4.69) is 0 Å². The average Bonchev–Trinajstić information content (AvgIpc) is 2.69. The van der Waals surface area contributed by atoms with E-state index in [9.17, 15) is 9.59 Å². The Bertz CT molecular complexity index is 995. The number of ketones is 1. The summed E-state index contributed by atoms with van der Waals surface area (Å²) in [5.41, 5.74) is 3.26. The van der Waals surface area contributed by atoms with E-state index in [0.717, 1.165) is 23.3 Å². The van der Waals surface area contributed by atoms with Gasteiger partial charge in [0, 0.05) is 30.0 Å². The van der Waals surface area contributed by atoms with Crippen molar-refractivity contribution in [1.29, 1.82) is 0 Å². The first-order valence-corrected chi connectivity index (χ1v) is 10.1. The summed E-state index contributed by atoms with van der Waals surface area (Å²) in [5, 5.41) is 0.829. The minimum Gasteiger partial charge on any atom is -0.294 e. The summed E-state index contributed by atoms with van der Waals surface area (Å²) >= 11 is 12.2. The number of hydrogen-bond acceptors (Lipinski definition) is 2. The predicted molar refractivity (Wildman–Crippen MR) is 113 cm³/mol. The lowest BCUT2D eigenvalue weighted by Gasteiger charge is -2.37. The lowest BCUT2D eigenvalue weighted by Crippen LogP contribution is -2.40. The Kier molecular flexibility index (Phi) is 5.38. The third-order valence-electron chi connectivity index (χ3n) is 5.20. The molecule has 0 spiro atoms. The highest BCUT2D eigenvalue weighted by molar-refractivity contribution is 6.42. The smallest absolute Gasteiger partial charge is 0.232 e. The summed E-state index contributed by atoms with van der Waals surface area (Å²) < 4.78 is 0. The largest absolute Gasteiger partial charge is 0.294 e. The van der Waals surface area contributed by atoms with Crippen LogP contribution in [-0.2, 0) is 9.59 Å². The number of halogens is 2. The highest BCUT2D eigenvalue weighted by Crippen LogP contribution is 2.40. The maximum absolute atomic E-state index is 13.0. The van der Waals surface area contributed by atoms with E-state index in [-0.39, 0.29) is 24.0 Å². The van der Waals surface area contributed by atoms with Crippen LogP contribution in [-0.4, -0.2) is 11.7 Å². The Labute approximate surface area is 174 Å². The van der Waals surface area contributed by atoms with E-state index in [1.54, 1.807) is 23.1 Å². The molecule has 142 valence electrons. The molecule has 1 aliphatic heterocycles. The third kappa shape index (κ3) is 3.65. The van der Waals surface area contributed by atoms with Crippen LogP contribution in [0.25, 0.3) is 6.08 Å². The lowest BCUT2D eigenvalue weighted by molar-refractivity contribution is -0.120. The van der Waals surface area contributed by atoms with Crippen molar-refractivity contribution in [3.05, 3.63) is 81.5 Å². The highest BCUT2D eigenvalue weighted by atomic mass is 35.5. The number of benzene rings is 2. The van der Waals surface area contributed by atoms with Crippen LogP contribution in [0.15, 0.2) is 65.9 Å². The van der Waals surface area contributed by atoms with Gasteiger partial charge in [-0.2, -0.15) is 0 Å². The second-order valence-electron chi connectivity index (χ2n) is 7.05. The molecule has 0 N–H and O–H groups in total. The van der Waals surface area contributed by atoms with Crippen LogP contribution >= 0.6 is 23.2 Å². The number of anilines is 1. The highest BCUT2D eigenvalue weighted by Gasteiger charge is 2.38. The molecule has 0 bridgehead atoms. The van der Waals surface area contributed by atoms with Crippen LogP contribution in [0.5, 0.6) is 0 Å². The summed E-state index contributed by atoms with van der Waals surface area (Å²) in [4.78, 5) is 27.5. The lowest BCUT2D eigenvalue weighted by atomic mass is 9.80. The molecule has 28 heavy (non-hydrogen) atoms. The second kappa shape index (κ2) is 7.94. The van der Waals surface area contributed by atoms with Crippen LogP contribution in [0.2, 0.25) is 10.0 Å². The van der Waals surface area contributed by atoms with Gasteiger partial charge in [0.15, 0.2) is 5.78 Å². The van der Waals surface area contributed by atoms with Crippen LogP contribution in [0, 0.1) is 5.92 Å². The number of Topliss-reactive ketones (excluding diaryl/α,β-unsaturated/α-hetero) is 1. The van der Waals surface area contributed by atoms with Crippen molar-refractivity contribution >= 4 is 46.7 Å². The Hall–Kier alpha value is -2.36. The summed E-state index contributed by atoms with van der Waals surface area (Å²) in [5.74, 6) is -0.106. The number of carbonyl (C=O) groups excluding carboxylic acids is 2. The Morgan fingerprint density at radius 3 is 2.50 bits per heavy atom. The van der Waals surface area contributed by atoms with Gasteiger partial charge in [-0.25, -0.2) is 0 Å². The number of amides is 1. The first kappa shape index (κ1) is 19.0. The van der Waals surface area contributed by atoms with Crippen molar-refractivity contribution in [2.24, 2.45) is 5.92 Å². The Morgan fingerprint density at radius 1 is 0.964 bits per heavy atom. The summed E-state index contributed by atoms with van der Waals surface area (Å²) in [7, 11) is 0. The maximum atomic E-state index is 13.0. The molecule has 0 saturated heterocycles. The van der Waals surface area contributed by atoms with E-state index in [4.69, 9.17) is 23.2 Å². The van der Waals surface area contributed by atoms with Crippen molar-refractivity contribution in [2.75, 3.05) is 4.90 Å². The summed E-state index contributed by atoms with van der Waals surface area (Å²) in [6.45, 7) is 0. The zero-order chi connectivity index (χ0) is 19.7. The minimum absolute atomic E-state index is 0.0328. The van der Waals surface area contributed by atoms with E-state index < -0.39 is 0 Å². The summed E-state index contributed by atoms with van der Waals surface area (Å²) in [6.07, 6.45) is 6.20. The first-order valence-electron chi connectivity index (χ1n) is 9.32. The fraction of sp³-hybridized carbons (Fsp3) is 0.217. The molecule has 0 aromatic heterocycles. The number of carbonyl (C=O) groups is 2. The molecule has 4 rings (SSSR count). The number of hydrogen-bond donors (Lipinski definition) is 0. The molecule has 3 nitrogen and oxygen atoms in total. The van der Waals surface area contributed by atoms with Crippen molar-refractivity contribution in [1.82, 2.24) is 0 Å². The van der Waals surface area contributed by atoms with Gasteiger partial charge in [0.2, 0.25) is 5.91 Å². The van der Waals surface area contributed by atoms with Crippen LogP contribution in [0.4, 0.5) is 5.69 Å². The minimum atomic E-state index is -0.200. The molecular weight excluding hydrogens is 393 g/mol. The molecule has 2 aromatic carbocycles.